The minimum atomic E-state index is -0.540. The van der Waals surface area contributed by atoms with Crippen LogP contribution in [0.5, 0.6) is 0 Å². The maximum absolute atomic E-state index is 14.1. The molecule has 0 aromatic heterocycles. The Hall–Kier alpha value is -0.520. The Kier molecular flexibility index (Phi) is 4.00. The largest absolute Gasteiger partial charge is 0.271 e. The van der Waals surface area contributed by atoms with Crippen LogP contribution in [0.1, 0.15) is 33.3 Å². The number of hydrogen-bond donors (Lipinski definition) is 2. The van der Waals surface area contributed by atoms with Crippen molar-refractivity contribution in [2.75, 3.05) is 0 Å². The molecule has 3 N–H and O–H groups in total. The molecule has 1 aliphatic carbocycles. The molecular formula is C15H21BrF2N2. The summed E-state index contributed by atoms with van der Waals surface area (Å²) in [6, 6.07) is 2.50. The molecule has 5 heteroatoms. The van der Waals surface area contributed by atoms with Gasteiger partial charge in [-0.2, -0.15) is 0 Å². The van der Waals surface area contributed by atoms with Crippen LogP contribution >= 0.6 is 15.9 Å². The van der Waals surface area contributed by atoms with Crippen molar-refractivity contribution in [1.82, 2.24) is 5.43 Å². The lowest BCUT2D eigenvalue weighted by Crippen LogP contribution is -2.40. The first kappa shape index (κ1) is 15.9. The molecule has 2 rings (SSSR count). The Bertz CT molecular complexity index is 515. The van der Waals surface area contributed by atoms with Gasteiger partial charge in [0.2, 0.25) is 0 Å². The van der Waals surface area contributed by atoms with Crippen LogP contribution in [0.2, 0.25) is 0 Å². The average Bonchev–Trinajstić information content (AvgIpc) is 2.77. The second-order valence-electron chi connectivity index (χ2n) is 6.72. The van der Waals surface area contributed by atoms with Crippen LogP contribution in [0, 0.1) is 28.4 Å². The monoisotopic (exact) mass is 346 g/mol. The smallest absolute Gasteiger partial charge is 0.143 e. The molecule has 0 spiro atoms. The summed E-state index contributed by atoms with van der Waals surface area (Å²) in [6.07, 6.45) is 0.241. The van der Waals surface area contributed by atoms with Crippen LogP contribution in [0.4, 0.5) is 8.78 Å². The summed E-state index contributed by atoms with van der Waals surface area (Å²) in [5.41, 5.74) is 3.03. The maximum Gasteiger partial charge on any atom is 0.143 e. The van der Waals surface area contributed by atoms with Crippen molar-refractivity contribution in [3.63, 3.8) is 0 Å². The molecule has 0 heterocycles. The minimum absolute atomic E-state index is 0.0841. The summed E-state index contributed by atoms with van der Waals surface area (Å²) in [4.78, 5) is 0. The van der Waals surface area contributed by atoms with E-state index in [-0.39, 0.29) is 39.2 Å². The summed E-state index contributed by atoms with van der Waals surface area (Å²) in [6.45, 7) is 8.65. The quantitative estimate of drug-likeness (QED) is 0.494. The number of nitrogens with two attached hydrogens (primary N) is 1. The third kappa shape index (κ3) is 2.30. The van der Waals surface area contributed by atoms with Crippen LogP contribution in [0.3, 0.4) is 0 Å². The van der Waals surface area contributed by atoms with E-state index in [0.29, 0.717) is 0 Å². The normalized spacial score (nSPS) is 21.8. The standard InChI is InChI=1S/C15H21BrF2N2/c1-14(2)13(15(14,3)4)11(20-19)7-8-10(17)6-5-9(16)12(8)18/h5-6,11,13,20H,7,19H2,1-4H3. The van der Waals surface area contributed by atoms with E-state index >= 15 is 0 Å². The zero-order chi connectivity index (χ0) is 15.3. The van der Waals surface area contributed by atoms with Gasteiger partial charge in [0.1, 0.15) is 11.6 Å². The predicted molar refractivity (Wildman–Crippen MR) is 79.9 cm³/mol. The van der Waals surface area contributed by atoms with E-state index in [1.807, 2.05) is 0 Å². The third-order valence-corrected chi connectivity index (χ3v) is 5.92. The van der Waals surface area contributed by atoms with E-state index < -0.39 is 11.6 Å². The van der Waals surface area contributed by atoms with Crippen molar-refractivity contribution < 1.29 is 8.78 Å². The lowest BCUT2D eigenvalue weighted by molar-refractivity contribution is 0.390. The fourth-order valence-electron chi connectivity index (χ4n) is 3.50. The first-order valence-corrected chi connectivity index (χ1v) is 7.52. The molecule has 112 valence electrons. The first-order chi connectivity index (χ1) is 9.14. The molecule has 1 aromatic carbocycles. The zero-order valence-electron chi connectivity index (χ0n) is 12.2. The third-order valence-electron chi connectivity index (χ3n) is 5.31. The summed E-state index contributed by atoms with van der Waals surface area (Å²) >= 11 is 3.10. The molecule has 1 saturated carbocycles. The molecule has 0 bridgehead atoms. The van der Waals surface area contributed by atoms with Crippen molar-refractivity contribution in [3.8, 4) is 0 Å². The van der Waals surface area contributed by atoms with Gasteiger partial charge in [0.15, 0.2) is 0 Å². The fraction of sp³-hybridized carbons (Fsp3) is 0.600. The molecule has 2 nitrogen and oxygen atoms in total. The number of rotatable bonds is 4. The molecule has 0 saturated heterocycles. The summed E-state index contributed by atoms with van der Waals surface area (Å²) in [5.74, 6) is 4.85. The highest BCUT2D eigenvalue weighted by Gasteiger charge is 2.66. The number of hydrazine groups is 1. The van der Waals surface area contributed by atoms with Gasteiger partial charge in [0, 0.05) is 11.6 Å². The van der Waals surface area contributed by atoms with Crippen LogP contribution in [-0.2, 0) is 6.42 Å². The number of benzene rings is 1. The van der Waals surface area contributed by atoms with Gasteiger partial charge in [-0.25, -0.2) is 8.78 Å². The van der Waals surface area contributed by atoms with Gasteiger partial charge in [0.25, 0.3) is 0 Å². The molecule has 0 aliphatic heterocycles. The van der Waals surface area contributed by atoms with E-state index in [9.17, 15) is 8.78 Å². The van der Waals surface area contributed by atoms with Crippen molar-refractivity contribution in [2.45, 2.75) is 40.2 Å². The molecule has 1 fully saturated rings. The Morgan fingerprint density at radius 2 is 1.80 bits per heavy atom. The topological polar surface area (TPSA) is 38.0 Å². The number of halogens is 3. The molecule has 20 heavy (non-hydrogen) atoms. The first-order valence-electron chi connectivity index (χ1n) is 6.73. The van der Waals surface area contributed by atoms with Gasteiger partial charge in [-0.3, -0.25) is 11.3 Å². The van der Waals surface area contributed by atoms with Crippen molar-refractivity contribution >= 4 is 15.9 Å². The van der Waals surface area contributed by atoms with Gasteiger partial charge in [0.05, 0.1) is 4.47 Å². The van der Waals surface area contributed by atoms with E-state index in [1.54, 1.807) is 0 Å². The highest BCUT2D eigenvalue weighted by molar-refractivity contribution is 9.10. The fourth-order valence-corrected chi connectivity index (χ4v) is 3.87. The van der Waals surface area contributed by atoms with E-state index in [2.05, 4.69) is 49.1 Å². The Balaban J connectivity index is 2.28. The molecule has 1 aliphatic rings. The van der Waals surface area contributed by atoms with Crippen molar-refractivity contribution in [2.24, 2.45) is 22.6 Å². The number of hydrogen-bond acceptors (Lipinski definition) is 2. The molecule has 0 amide bonds. The number of nitrogens with one attached hydrogen (secondary N) is 1. The Morgan fingerprint density at radius 1 is 1.25 bits per heavy atom. The van der Waals surface area contributed by atoms with Crippen molar-refractivity contribution in [1.29, 1.82) is 0 Å². The van der Waals surface area contributed by atoms with E-state index in [4.69, 9.17) is 5.84 Å². The van der Waals surface area contributed by atoms with Gasteiger partial charge in [-0.05, 0) is 51.2 Å². The van der Waals surface area contributed by atoms with Crippen LogP contribution in [0.25, 0.3) is 0 Å². The lowest BCUT2D eigenvalue weighted by Gasteiger charge is -2.19. The molecule has 1 unspecified atom stereocenters. The maximum atomic E-state index is 14.1. The second-order valence-corrected chi connectivity index (χ2v) is 7.57. The second kappa shape index (κ2) is 5.04. The van der Waals surface area contributed by atoms with Gasteiger partial charge in [-0.1, -0.05) is 27.7 Å². The van der Waals surface area contributed by atoms with E-state index in [0.717, 1.165) is 0 Å². The Morgan fingerprint density at radius 3 is 2.25 bits per heavy atom. The van der Waals surface area contributed by atoms with Crippen LogP contribution in [0.15, 0.2) is 16.6 Å². The average molecular weight is 347 g/mol. The highest BCUT2D eigenvalue weighted by Crippen LogP contribution is 2.69. The van der Waals surface area contributed by atoms with Crippen molar-refractivity contribution in [3.05, 3.63) is 33.8 Å². The molecule has 1 atom stereocenters. The zero-order valence-corrected chi connectivity index (χ0v) is 13.8. The minimum Gasteiger partial charge on any atom is -0.271 e. The predicted octanol–water partition coefficient (Wildman–Crippen LogP) is 3.78. The lowest BCUT2D eigenvalue weighted by atomic mass is 9.96. The Labute approximate surface area is 127 Å². The van der Waals surface area contributed by atoms with Gasteiger partial charge < -0.3 is 0 Å². The summed E-state index contributed by atoms with van der Waals surface area (Å²) < 4.78 is 28.2. The van der Waals surface area contributed by atoms with Gasteiger partial charge in [-0.15, -0.1) is 0 Å². The van der Waals surface area contributed by atoms with Crippen LogP contribution < -0.4 is 11.3 Å². The molecule has 1 aromatic rings. The van der Waals surface area contributed by atoms with Crippen LogP contribution in [-0.4, -0.2) is 6.04 Å². The molecule has 0 radical (unpaired) electrons. The van der Waals surface area contributed by atoms with E-state index in [1.165, 1.54) is 12.1 Å². The molecular weight excluding hydrogens is 326 g/mol. The summed E-state index contributed by atoms with van der Waals surface area (Å²) in [5, 5.41) is 0. The SMILES string of the molecule is CC1(C)C(C(Cc2c(F)ccc(Br)c2F)NN)C1(C)C. The summed E-state index contributed by atoms with van der Waals surface area (Å²) in [7, 11) is 0. The van der Waals surface area contributed by atoms with Gasteiger partial charge >= 0.3 is 0 Å². The highest BCUT2D eigenvalue weighted by atomic mass is 79.9.